The van der Waals surface area contributed by atoms with E-state index in [-0.39, 0.29) is 12.4 Å². The highest BCUT2D eigenvalue weighted by Gasteiger charge is 2.27. The van der Waals surface area contributed by atoms with Gasteiger partial charge < -0.3 is 9.88 Å². The third-order valence-electron chi connectivity index (χ3n) is 4.09. The first-order valence-corrected chi connectivity index (χ1v) is 6.67. The van der Waals surface area contributed by atoms with E-state index in [4.69, 9.17) is 0 Å². The predicted molar refractivity (Wildman–Crippen MR) is 72.9 cm³/mol. The van der Waals surface area contributed by atoms with Crippen molar-refractivity contribution in [3.8, 4) is 0 Å². The predicted octanol–water partition coefficient (Wildman–Crippen LogP) is 1.08. The first-order valence-electron chi connectivity index (χ1n) is 6.67. The monoisotopic (exact) mass is 271 g/mol. The molecule has 2 atom stereocenters. The fraction of sp³-hybridized carbons (Fsp3) is 0.833. The minimum absolute atomic E-state index is 0. The maximum absolute atomic E-state index is 4.24. The van der Waals surface area contributed by atoms with Crippen LogP contribution in [-0.2, 0) is 6.54 Å². The lowest BCUT2D eigenvalue weighted by atomic mass is 9.98. The van der Waals surface area contributed by atoms with E-state index in [0.29, 0.717) is 6.04 Å². The lowest BCUT2D eigenvalue weighted by Gasteiger charge is -2.36. The van der Waals surface area contributed by atoms with Gasteiger partial charge in [-0.1, -0.05) is 0 Å². The Morgan fingerprint density at radius 1 is 1.44 bits per heavy atom. The van der Waals surface area contributed by atoms with Gasteiger partial charge in [-0.15, -0.1) is 22.6 Å². The number of piperidine rings is 1. The van der Waals surface area contributed by atoms with Crippen molar-refractivity contribution < 1.29 is 0 Å². The van der Waals surface area contributed by atoms with E-state index in [1.807, 2.05) is 6.33 Å². The number of nitrogens with zero attached hydrogens (tertiary/aromatic N) is 4. The second kappa shape index (κ2) is 5.99. The van der Waals surface area contributed by atoms with E-state index in [0.717, 1.165) is 24.8 Å². The summed E-state index contributed by atoms with van der Waals surface area (Å²) in [5.74, 6) is 1.93. The van der Waals surface area contributed by atoms with Crippen LogP contribution in [0.5, 0.6) is 0 Å². The van der Waals surface area contributed by atoms with Gasteiger partial charge in [-0.3, -0.25) is 4.90 Å². The van der Waals surface area contributed by atoms with E-state index < -0.39 is 0 Å². The van der Waals surface area contributed by atoms with Gasteiger partial charge in [0.15, 0.2) is 0 Å². The van der Waals surface area contributed by atoms with Crippen LogP contribution >= 0.6 is 12.4 Å². The molecule has 3 rings (SSSR count). The van der Waals surface area contributed by atoms with Crippen LogP contribution in [0, 0.1) is 5.92 Å². The summed E-state index contributed by atoms with van der Waals surface area (Å²) in [7, 11) is 0. The lowest BCUT2D eigenvalue weighted by Crippen LogP contribution is -2.43. The summed E-state index contributed by atoms with van der Waals surface area (Å²) >= 11 is 0. The molecule has 2 aliphatic heterocycles. The molecule has 0 radical (unpaired) electrons. The molecule has 3 heterocycles. The van der Waals surface area contributed by atoms with E-state index in [2.05, 4.69) is 31.9 Å². The summed E-state index contributed by atoms with van der Waals surface area (Å²) in [6.07, 6.45) is 4.54. The summed E-state index contributed by atoms with van der Waals surface area (Å²) < 4.78 is 2.18. The minimum Gasteiger partial charge on any atom is -0.316 e. The Kier molecular flexibility index (Phi) is 4.59. The summed E-state index contributed by atoms with van der Waals surface area (Å²) in [6.45, 7) is 7.97. The van der Waals surface area contributed by atoms with Gasteiger partial charge in [0.1, 0.15) is 12.2 Å². The Morgan fingerprint density at radius 3 is 3.11 bits per heavy atom. The highest BCUT2D eigenvalue weighted by molar-refractivity contribution is 5.85. The highest BCUT2D eigenvalue weighted by Crippen LogP contribution is 2.24. The van der Waals surface area contributed by atoms with Crippen molar-refractivity contribution in [2.45, 2.75) is 32.4 Å². The molecule has 2 unspecified atom stereocenters. The van der Waals surface area contributed by atoms with Crippen molar-refractivity contribution in [2.75, 3.05) is 26.2 Å². The number of hydrogen-bond acceptors (Lipinski definition) is 4. The Labute approximate surface area is 114 Å². The van der Waals surface area contributed by atoms with Gasteiger partial charge in [-0.05, 0) is 38.8 Å². The fourth-order valence-electron chi connectivity index (χ4n) is 3.01. The van der Waals surface area contributed by atoms with Gasteiger partial charge in [0, 0.05) is 19.6 Å². The Balaban J connectivity index is 0.00000120. The molecule has 0 amide bonds. The van der Waals surface area contributed by atoms with Crippen molar-refractivity contribution in [1.82, 2.24) is 25.0 Å². The van der Waals surface area contributed by atoms with Crippen molar-refractivity contribution in [2.24, 2.45) is 5.92 Å². The van der Waals surface area contributed by atoms with Crippen molar-refractivity contribution in [3.63, 3.8) is 0 Å². The first kappa shape index (κ1) is 13.8. The molecule has 102 valence electrons. The van der Waals surface area contributed by atoms with E-state index in [1.165, 1.54) is 32.5 Å². The molecule has 1 fully saturated rings. The van der Waals surface area contributed by atoms with Gasteiger partial charge in [0.25, 0.3) is 0 Å². The molecule has 5 nitrogen and oxygen atoms in total. The van der Waals surface area contributed by atoms with Gasteiger partial charge in [-0.25, -0.2) is 0 Å². The standard InChI is InChI=1S/C12H21N5.ClH/c1-10-12-15-14-9-17(12)6-5-16(10)8-11-3-2-4-13-7-11;/h9-11,13H,2-8H2,1H3;1H. The fourth-order valence-corrected chi connectivity index (χ4v) is 3.01. The van der Waals surface area contributed by atoms with Gasteiger partial charge >= 0.3 is 0 Å². The zero-order chi connectivity index (χ0) is 11.7. The molecule has 0 spiro atoms. The number of fused-ring (bicyclic) bond motifs is 1. The molecular formula is C12H22ClN5. The molecule has 1 saturated heterocycles. The average Bonchev–Trinajstić information content (AvgIpc) is 2.83. The van der Waals surface area contributed by atoms with E-state index in [9.17, 15) is 0 Å². The largest absolute Gasteiger partial charge is 0.316 e. The van der Waals surface area contributed by atoms with Crippen molar-refractivity contribution >= 4 is 12.4 Å². The quantitative estimate of drug-likeness (QED) is 0.874. The molecule has 0 aliphatic carbocycles. The Bertz CT molecular complexity index is 374. The number of halogens is 1. The Morgan fingerprint density at radius 2 is 2.33 bits per heavy atom. The summed E-state index contributed by atoms with van der Waals surface area (Å²) in [5.41, 5.74) is 0. The molecule has 1 aromatic heterocycles. The molecule has 0 saturated carbocycles. The molecule has 0 aromatic carbocycles. The molecule has 1 aromatic rings. The summed E-state index contributed by atoms with van der Waals surface area (Å²) in [5, 5.41) is 11.7. The first-order chi connectivity index (χ1) is 8.34. The average molecular weight is 272 g/mol. The second-order valence-electron chi connectivity index (χ2n) is 5.27. The van der Waals surface area contributed by atoms with Crippen LogP contribution in [0.1, 0.15) is 31.6 Å². The number of hydrogen-bond donors (Lipinski definition) is 1. The molecule has 6 heteroatoms. The molecule has 1 N–H and O–H groups in total. The molecular weight excluding hydrogens is 250 g/mol. The molecule has 2 aliphatic rings. The van der Waals surface area contributed by atoms with Crippen molar-refractivity contribution in [1.29, 1.82) is 0 Å². The van der Waals surface area contributed by atoms with Crippen LogP contribution < -0.4 is 5.32 Å². The number of aromatic nitrogens is 3. The SMILES string of the molecule is CC1c2nncn2CCN1CC1CCCNC1.Cl. The van der Waals surface area contributed by atoms with Crippen LogP contribution in [0.25, 0.3) is 0 Å². The highest BCUT2D eigenvalue weighted by atomic mass is 35.5. The van der Waals surface area contributed by atoms with E-state index >= 15 is 0 Å². The smallest absolute Gasteiger partial charge is 0.149 e. The number of rotatable bonds is 2. The normalized spacial score (nSPS) is 28.5. The van der Waals surface area contributed by atoms with Crippen LogP contribution in [0.4, 0.5) is 0 Å². The lowest BCUT2D eigenvalue weighted by molar-refractivity contribution is 0.129. The summed E-state index contributed by atoms with van der Waals surface area (Å²) in [6, 6.07) is 0.410. The molecule has 18 heavy (non-hydrogen) atoms. The third kappa shape index (κ3) is 2.68. The maximum atomic E-state index is 4.24. The van der Waals surface area contributed by atoms with Crippen LogP contribution in [-0.4, -0.2) is 45.8 Å². The van der Waals surface area contributed by atoms with Crippen LogP contribution in [0.15, 0.2) is 6.33 Å². The maximum Gasteiger partial charge on any atom is 0.149 e. The Hall–Kier alpha value is -0.650. The summed E-state index contributed by atoms with van der Waals surface area (Å²) in [4.78, 5) is 2.56. The van der Waals surface area contributed by atoms with Crippen LogP contribution in [0.3, 0.4) is 0 Å². The zero-order valence-corrected chi connectivity index (χ0v) is 11.7. The third-order valence-corrected chi connectivity index (χ3v) is 4.09. The zero-order valence-electron chi connectivity index (χ0n) is 10.9. The van der Waals surface area contributed by atoms with Crippen molar-refractivity contribution in [3.05, 3.63) is 12.2 Å². The van der Waals surface area contributed by atoms with Gasteiger partial charge in [0.05, 0.1) is 6.04 Å². The minimum atomic E-state index is 0. The van der Waals surface area contributed by atoms with Gasteiger partial charge in [0.2, 0.25) is 0 Å². The van der Waals surface area contributed by atoms with Crippen LogP contribution in [0.2, 0.25) is 0 Å². The number of nitrogens with one attached hydrogen (secondary N) is 1. The second-order valence-corrected chi connectivity index (χ2v) is 5.27. The van der Waals surface area contributed by atoms with E-state index in [1.54, 1.807) is 0 Å². The topological polar surface area (TPSA) is 46.0 Å². The molecule has 0 bridgehead atoms. The van der Waals surface area contributed by atoms with Gasteiger partial charge in [-0.2, -0.15) is 0 Å².